The molecule has 2 spiro atoms. The standard InChI is InChI=1S/C20H26O11/c1-5-12(24)28-11-8(22)18-10-6(21)7(16(2,3)4)17(18)9(23)13(25)30-15(17)31-20(18,14(26)29-10)19(5,11)27/h5-12,15,21-24,27H,1-4H3/t5-,6-,7+,8+,9+,10?,11?,12?,15?,17?,18?,19-,20?/m1/s1. The smallest absolute Gasteiger partial charge is 0.343 e. The molecule has 2 saturated carbocycles. The van der Waals surface area contributed by atoms with Crippen LogP contribution < -0.4 is 0 Å². The molecular weight excluding hydrogens is 416 g/mol. The molecule has 11 nitrogen and oxygen atoms in total. The normalized spacial score (nSPS) is 63.6. The van der Waals surface area contributed by atoms with Gasteiger partial charge >= 0.3 is 11.9 Å². The SMILES string of the molecule is C[C@@H]1C(O)OC2[C@H](O)C34C5OC(=O)C3(OC3OC(=O)[C@H](O)C34[C@H](C(C)(C)C)[C@H]5O)[C@]21O. The molecular formula is C20H26O11. The molecule has 31 heavy (non-hydrogen) atoms. The second kappa shape index (κ2) is 5.09. The zero-order valence-electron chi connectivity index (χ0n) is 17.4. The van der Waals surface area contributed by atoms with Crippen LogP contribution in [0, 0.1) is 28.1 Å². The molecule has 6 rings (SSSR count). The first kappa shape index (κ1) is 20.3. The molecule has 4 aliphatic heterocycles. The van der Waals surface area contributed by atoms with Crippen LogP contribution in [0.25, 0.3) is 0 Å². The average molecular weight is 442 g/mol. The van der Waals surface area contributed by atoms with Gasteiger partial charge in [0.25, 0.3) is 0 Å². The van der Waals surface area contributed by atoms with E-state index in [-0.39, 0.29) is 0 Å². The maximum Gasteiger partial charge on any atom is 0.343 e. The van der Waals surface area contributed by atoms with Crippen LogP contribution in [0.15, 0.2) is 0 Å². The van der Waals surface area contributed by atoms with Gasteiger partial charge in [0.2, 0.25) is 11.9 Å². The van der Waals surface area contributed by atoms with Crippen LogP contribution in [-0.2, 0) is 28.5 Å². The highest BCUT2D eigenvalue weighted by atomic mass is 16.8. The molecule has 4 saturated heterocycles. The van der Waals surface area contributed by atoms with Crippen LogP contribution in [0.3, 0.4) is 0 Å². The minimum Gasteiger partial charge on any atom is -0.456 e. The number of esters is 2. The van der Waals surface area contributed by atoms with Crippen LogP contribution in [0.4, 0.5) is 0 Å². The van der Waals surface area contributed by atoms with Crippen LogP contribution in [-0.4, -0.2) is 91.8 Å². The lowest BCUT2D eigenvalue weighted by Gasteiger charge is -2.47. The molecule has 5 N–H and O–H groups in total. The van der Waals surface area contributed by atoms with Gasteiger partial charge < -0.3 is 44.5 Å². The van der Waals surface area contributed by atoms with Gasteiger partial charge in [-0.3, -0.25) is 0 Å². The number of fused-ring (bicyclic) bond motifs is 1. The summed E-state index contributed by atoms with van der Waals surface area (Å²) in [5, 5.41) is 56.5. The minimum absolute atomic E-state index is 0.774. The van der Waals surface area contributed by atoms with Crippen LogP contribution in [0.2, 0.25) is 0 Å². The third kappa shape index (κ3) is 1.50. The summed E-state index contributed by atoms with van der Waals surface area (Å²) in [5.41, 5.74) is -9.15. The van der Waals surface area contributed by atoms with Gasteiger partial charge in [-0.2, -0.15) is 0 Å². The lowest BCUT2D eigenvalue weighted by atomic mass is 9.51. The van der Waals surface area contributed by atoms with Crippen molar-refractivity contribution in [2.24, 2.45) is 28.1 Å². The van der Waals surface area contributed by atoms with Crippen molar-refractivity contribution < 1.29 is 54.1 Å². The number of hydrogen-bond donors (Lipinski definition) is 5. The van der Waals surface area contributed by atoms with Gasteiger partial charge in [-0.1, -0.05) is 27.7 Å². The van der Waals surface area contributed by atoms with Crippen molar-refractivity contribution in [2.75, 3.05) is 0 Å². The molecule has 172 valence electrons. The Labute approximate surface area is 176 Å². The van der Waals surface area contributed by atoms with Crippen molar-refractivity contribution in [3.63, 3.8) is 0 Å². The Morgan fingerprint density at radius 3 is 2.26 bits per heavy atom. The van der Waals surface area contributed by atoms with E-state index in [4.69, 9.17) is 18.9 Å². The topological polar surface area (TPSA) is 172 Å². The Hall–Kier alpha value is -1.34. The first-order valence-corrected chi connectivity index (χ1v) is 10.5. The van der Waals surface area contributed by atoms with E-state index in [0.29, 0.717) is 0 Å². The molecule has 0 amide bonds. The number of rotatable bonds is 0. The number of aliphatic hydroxyl groups excluding tert-OH is 4. The number of hydrogen-bond acceptors (Lipinski definition) is 11. The van der Waals surface area contributed by atoms with Gasteiger partial charge in [0.05, 0.1) is 23.0 Å². The molecule has 6 fully saturated rings. The largest absolute Gasteiger partial charge is 0.456 e. The van der Waals surface area contributed by atoms with E-state index in [0.717, 1.165) is 0 Å². The molecule has 0 aromatic heterocycles. The summed E-state index contributed by atoms with van der Waals surface area (Å²) < 4.78 is 22.5. The second-order valence-electron chi connectivity index (χ2n) is 10.9. The molecule has 4 heterocycles. The van der Waals surface area contributed by atoms with E-state index in [1.165, 1.54) is 6.92 Å². The summed E-state index contributed by atoms with van der Waals surface area (Å²) in [7, 11) is 0. The lowest BCUT2D eigenvalue weighted by Crippen LogP contribution is -2.67. The Balaban J connectivity index is 1.74. The van der Waals surface area contributed by atoms with Crippen molar-refractivity contribution in [1.29, 1.82) is 0 Å². The van der Waals surface area contributed by atoms with Crippen molar-refractivity contribution in [3.05, 3.63) is 0 Å². The van der Waals surface area contributed by atoms with E-state index in [2.05, 4.69) is 0 Å². The van der Waals surface area contributed by atoms with Crippen LogP contribution >= 0.6 is 0 Å². The number of carbonyl (C=O) groups is 2. The molecule has 7 unspecified atom stereocenters. The van der Waals surface area contributed by atoms with Gasteiger partial charge in [-0.25, -0.2) is 9.59 Å². The molecule has 0 bridgehead atoms. The van der Waals surface area contributed by atoms with Crippen molar-refractivity contribution in [2.45, 2.75) is 82.0 Å². The second-order valence-corrected chi connectivity index (χ2v) is 10.9. The predicted octanol–water partition coefficient (Wildman–Crippen LogP) is -2.61. The van der Waals surface area contributed by atoms with Crippen molar-refractivity contribution in [1.82, 2.24) is 0 Å². The zero-order valence-corrected chi connectivity index (χ0v) is 17.4. The van der Waals surface area contributed by atoms with Crippen molar-refractivity contribution in [3.8, 4) is 0 Å². The predicted molar refractivity (Wildman–Crippen MR) is 94.4 cm³/mol. The third-order valence-electron chi connectivity index (χ3n) is 9.10. The fraction of sp³-hybridized carbons (Fsp3) is 0.900. The van der Waals surface area contributed by atoms with E-state index in [1.807, 2.05) is 0 Å². The molecule has 2 aliphatic carbocycles. The van der Waals surface area contributed by atoms with Gasteiger partial charge in [-0.05, 0) is 5.41 Å². The van der Waals surface area contributed by atoms with Crippen LogP contribution in [0.5, 0.6) is 0 Å². The highest BCUT2D eigenvalue weighted by Crippen LogP contribution is 2.84. The summed E-state index contributed by atoms with van der Waals surface area (Å²) in [5.74, 6) is -4.11. The number of ether oxygens (including phenoxy) is 4. The Morgan fingerprint density at radius 1 is 1.00 bits per heavy atom. The summed E-state index contributed by atoms with van der Waals surface area (Å²) in [6, 6.07) is 0. The third-order valence-corrected chi connectivity index (χ3v) is 9.10. The van der Waals surface area contributed by atoms with E-state index >= 15 is 0 Å². The van der Waals surface area contributed by atoms with E-state index in [1.54, 1.807) is 20.8 Å². The maximum atomic E-state index is 13.4. The fourth-order valence-corrected chi connectivity index (χ4v) is 8.40. The first-order chi connectivity index (χ1) is 14.3. The Morgan fingerprint density at radius 2 is 1.65 bits per heavy atom. The maximum absolute atomic E-state index is 13.4. The molecule has 0 radical (unpaired) electrons. The monoisotopic (exact) mass is 442 g/mol. The van der Waals surface area contributed by atoms with E-state index < -0.39 is 94.3 Å². The number of carbonyl (C=O) groups excluding carboxylic acids is 2. The summed E-state index contributed by atoms with van der Waals surface area (Å²) in [4.78, 5) is 26.0. The zero-order chi connectivity index (χ0) is 22.7. The van der Waals surface area contributed by atoms with Gasteiger partial charge in [0.1, 0.15) is 17.8 Å². The first-order valence-electron chi connectivity index (χ1n) is 10.5. The molecule has 13 atom stereocenters. The molecule has 11 heteroatoms. The fourth-order valence-electron chi connectivity index (χ4n) is 8.40. The average Bonchev–Trinajstić information content (AvgIpc) is 3.35. The molecule has 6 aliphatic rings. The molecule has 0 aromatic rings. The summed E-state index contributed by atoms with van der Waals surface area (Å²) in [6.07, 6.45) is -10.9. The molecule has 0 aromatic carbocycles. The van der Waals surface area contributed by atoms with Gasteiger partial charge in [0.15, 0.2) is 12.4 Å². The highest BCUT2D eigenvalue weighted by Gasteiger charge is 3.04. The van der Waals surface area contributed by atoms with Crippen LogP contribution in [0.1, 0.15) is 27.7 Å². The van der Waals surface area contributed by atoms with Gasteiger partial charge in [0, 0.05) is 11.8 Å². The summed E-state index contributed by atoms with van der Waals surface area (Å²) >= 11 is 0. The Kier molecular flexibility index (Phi) is 3.33. The quantitative estimate of drug-likeness (QED) is 0.249. The number of aliphatic hydroxyl groups is 5. The van der Waals surface area contributed by atoms with Gasteiger partial charge in [-0.15, -0.1) is 0 Å². The van der Waals surface area contributed by atoms with Crippen molar-refractivity contribution >= 4 is 11.9 Å². The minimum atomic E-state index is -2.33. The lowest BCUT2D eigenvalue weighted by molar-refractivity contribution is -0.240. The Bertz CT molecular complexity index is 915. The highest BCUT2D eigenvalue weighted by molar-refractivity contribution is 5.91. The summed E-state index contributed by atoms with van der Waals surface area (Å²) in [6.45, 7) is 6.77. The van der Waals surface area contributed by atoms with E-state index in [9.17, 15) is 35.1 Å².